The third-order valence-electron chi connectivity index (χ3n) is 22.6. The van der Waals surface area contributed by atoms with Gasteiger partial charge in [-0.1, -0.05) is 46.3 Å². The Morgan fingerprint density at radius 3 is 1.89 bits per heavy atom. The van der Waals surface area contributed by atoms with Crippen molar-refractivity contribution >= 4 is 5.97 Å². The summed E-state index contributed by atoms with van der Waals surface area (Å²) in [6.07, 6.45) is -32.8. The van der Waals surface area contributed by atoms with Gasteiger partial charge in [0.2, 0.25) is 6.29 Å². The van der Waals surface area contributed by atoms with Gasteiger partial charge in [-0.2, -0.15) is 0 Å². The average Bonchev–Trinajstić information content (AvgIpc) is 0.951. The van der Waals surface area contributed by atoms with E-state index in [0.717, 1.165) is 5.57 Å². The van der Waals surface area contributed by atoms with Gasteiger partial charge < -0.3 is 134 Å². The van der Waals surface area contributed by atoms with Gasteiger partial charge in [0.15, 0.2) is 31.3 Å². The van der Waals surface area contributed by atoms with Crippen LogP contribution in [-0.2, 0) is 52.2 Å². The first-order valence-electron chi connectivity index (χ1n) is 29.9. The third kappa shape index (κ3) is 10.6. The molecule has 488 valence electrons. The van der Waals surface area contributed by atoms with Crippen molar-refractivity contribution in [3.05, 3.63) is 11.6 Å². The molecule has 5 saturated heterocycles. The zero-order chi connectivity index (χ0) is 62.1. The van der Waals surface area contributed by atoms with Crippen LogP contribution in [0.3, 0.4) is 0 Å². The molecule has 5 aliphatic carbocycles. The zero-order valence-corrected chi connectivity index (χ0v) is 48.8. The van der Waals surface area contributed by atoms with Crippen molar-refractivity contribution in [1.29, 1.82) is 0 Å². The fourth-order valence-electron chi connectivity index (χ4n) is 17.4. The maximum atomic E-state index is 15.4. The van der Waals surface area contributed by atoms with Crippen LogP contribution in [0.25, 0.3) is 0 Å². The molecule has 10 rings (SSSR count). The fraction of sp³-hybridized carbons (Fsp3) is 0.947. The second-order valence-corrected chi connectivity index (χ2v) is 27.9. The van der Waals surface area contributed by atoms with E-state index in [2.05, 4.69) is 33.8 Å². The highest BCUT2D eigenvalue weighted by Crippen LogP contribution is 2.76. The molecular formula is C57H92O28. The molecule has 4 saturated carbocycles. The summed E-state index contributed by atoms with van der Waals surface area (Å²) < 4.78 is 58.5. The molecule has 0 spiro atoms. The number of ether oxygens (including phenoxy) is 10. The third-order valence-corrected chi connectivity index (χ3v) is 22.6. The average molecular weight is 1230 g/mol. The molecular weight excluding hydrogens is 1130 g/mol. The van der Waals surface area contributed by atoms with Crippen LogP contribution in [0.1, 0.15) is 92.9 Å². The number of fused-ring (bicyclic) bond motifs is 7. The lowest BCUT2D eigenvalue weighted by Crippen LogP contribution is -2.71. The number of aliphatic hydroxyl groups excluding tert-OH is 16. The normalized spacial score (nSPS) is 54.0. The SMILES string of the molecule is CC1O[C@H](OC2C(OC(=O)[C@@]34CCC(C)(C)C[C@H]3C3=CC[C@H]5[C@@]6(C)CC(O)C(O[C@H]7OC(CO)C(O)C(O)C7O)C(CO)(CO)[C@H]6CC[C@@]5(C)[C@@]3(C)CC4O)OCC(O)C2O)C(O)C(O)C1O[C@@H]1OCC(O)C(O[C@H]2OC[C@@](O)(CO)C2O)C1O. The van der Waals surface area contributed by atoms with Crippen LogP contribution >= 0.6 is 0 Å². The van der Waals surface area contributed by atoms with E-state index >= 15 is 4.79 Å². The molecule has 28 nitrogen and oxygen atoms in total. The lowest BCUT2D eigenvalue weighted by atomic mass is 9.33. The predicted octanol–water partition coefficient (Wildman–Crippen LogP) is -5.38. The summed E-state index contributed by atoms with van der Waals surface area (Å²) in [5.74, 6) is -2.25. The number of esters is 1. The van der Waals surface area contributed by atoms with Gasteiger partial charge in [-0.15, -0.1) is 0 Å². The van der Waals surface area contributed by atoms with Gasteiger partial charge in [0.05, 0.1) is 70.7 Å². The van der Waals surface area contributed by atoms with Gasteiger partial charge in [-0.25, -0.2) is 0 Å². The number of hydrogen-bond acceptors (Lipinski definition) is 28. The predicted molar refractivity (Wildman–Crippen MR) is 282 cm³/mol. The van der Waals surface area contributed by atoms with E-state index in [9.17, 15) is 86.8 Å². The Labute approximate surface area is 491 Å². The standard InChI is InChI=1S/C57H92O28/c1-23-40(81-45-39(72)41(28(64)18-76-45)82-49-43(73)56(75,21-61)22-78-49)36(69)38(71)46(79-23)83-42-33(66)27(63)17-77-48(42)85-50(74)57-12-11-51(2,3)13-25(57)24-7-8-30-52(4)14-26(62)44(84-47-37(70)35(68)34(67)29(16-58)80-47)55(19-59,20-60)31(52)9-10-53(30,5)54(24,6)15-32(57)65/h7,23,25-49,58-73,75H,8-22H2,1-6H3/t23?,25-,26?,27?,28?,29?,30-,31-,32?,33?,34?,35?,36?,37?,38?,39?,40?,41?,42?,43?,44?,45-,46+,47+,48?,49+,52+,53+,54-,56-,57-/m0/s1. The van der Waals surface area contributed by atoms with Gasteiger partial charge in [0.25, 0.3) is 0 Å². The first-order chi connectivity index (χ1) is 39.9. The number of carbonyl (C=O) groups is 1. The molecule has 0 radical (unpaired) electrons. The van der Waals surface area contributed by atoms with Crippen molar-refractivity contribution in [2.45, 2.75) is 240 Å². The molecule has 0 aromatic carbocycles. The Bertz CT molecular complexity index is 2380. The van der Waals surface area contributed by atoms with Crippen molar-refractivity contribution in [1.82, 2.24) is 0 Å². The second kappa shape index (κ2) is 24.0. The fourth-order valence-corrected chi connectivity index (χ4v) is 17.4. The van der Waals surface area contributed by atoms with Crippen LogP contribution in [0, 0.1) is 50.2 Å². The molecule has 0 bridgehead atoms. The number of carbonyl (C=O) groups excluding carboxylic acids is 1. The van der Waals surface area contributed by atoms with E-state index in [1.54, 1.807) is 0 Å². The Hall–Kier alpha value is -1.83. The highest BCUT2D eigenvalue weighted by atomic mass is 16.8. The quantitative estimate of drug-likeness (QED) is 0.0439. The number of rotatable bonds is 14. The maximum Gasteiger partial charge on any atom is 0.317 e. The Kier molecular flexibility index (Phi) is 18.7. The highest BCUT2D eigenvalue weighted by Gasteiger charge is 2.74. The monoisotopic (exact) mass is 1220 g/mol. The summed E-state index contributed by atoms with van der Waals surface area (Å²) in [4.78, 5) is 15.4. The van der Waals surface area contributed by atoms with Crippen molar-refractivity contribution in [3.8, 4) is 0 Å². The summed E-state index contributed by atoms with van der Waals surface area (Å²) in [6.45, 7) is 7.41. The minimum Gasteiger partial charge on any atom is -0.432 e. The first-order valence-corrected chi connectivity index (χ1v) is 29.9. The van der Waals surface area contributed by atoms with Gasteiger partial charge in [0.1, 0.15) is 90.4 Å². The molecule has 28 heteroatoms. The summed E-state index contributed by atoms with van der Waals surface area (Å²) in [6, 6.07) is 0. The molecule has 85 heavy (non-hydrogen) atoms. The van der Waals surface area contributed by atoms with Crippen LogP contribution in [0.4, 0.5) is 0 Å². The Morgan fingerprint density at radius 2 is 1.24 bits per heavy atom. The number of aliphatic hydroxyl groups is 17. The van der Waals surface area contributed by atoms with E-state index in [1.807, 2.05) is 6.92 Å². The largest absolute Gasteiger partial charge is 0.432 e. The van der Waals surface area contributed by atoms with Crippen LogP contribution < -0.4 is 0 Å². The summed E-state index contributed by atoms with van der Waals surface area (Å²) in [5.41, 5.74) is -6.87. The van der Waals surface area contributed by atoms with E-state index < -0.39 is 238 Å². The van der Waals surface area contributed by atoms with Crippen molar-refractivity contribution in [3.63, 3.8) is 0 Å². The molecule has 0 aromatic rings. The molecule has 0 aromatic heterocycles. The number of hydrogen-bond donors (Lipinski definition) is 17. The Morgan fingerprint density at radius 1 is 0.600 bits per heavy atom. The molecule has 5 heterocycles. The number of allylic oxidation sites excluding steroid dienone is 2. The van der Waals surface area contributed by atoms with Crippen LogP contribution in [-0.4, -0.2) is 286 Å². The first kappa shape index (κ1) is 66.1. The second-order valence-electron chi connectivity index (χ2n) is 27.9. The molecule has 19 unspecified atom stereocenters. The van der Waals surface area contributed by atoms with Gasteiger partial charge in [-0.3, -0.25) is 4.79 Å². The molecule has 0 amide bonds. The van der Waals surface area contributed by atoms with Crippen molar-refractivity contribution in [2.75, 3.05) is 46.2 Å². The van der Waals surface area contributed by atoms with Gasteiger partial charge in [-0.05, 0) is 97.7 Å². The Balaban J connectivity index is 0.864. The lowest BCUT2D eigenvalue weighted by Gasteiger charge is -2.72. The topological polar surface area (TPSA) is 453 Å². The summed E-state index contributed by atoms with van der Waals surface area (Å²) in [5, 5.41) is 188. The lowest BCUT2D eigenvalue weighted by molar-refractivity contribution is -0.372. The van der Waals surface area contributed by atoms with E-state index in [1.165, 1.54) is 6.92 Å². The molecule has 31 atom stereocenters. The zero-order valence-electron chi connectivity index (χ0n) is 48.8. The molecule has 10 aliphatic rings. The maximum absolute atomic E-state index is 15.4. The highest BCUT2D eigenvalue weighted by molar-refractivity contribution is 5.80. The van der Waals surface area contributed by atoms with Crippen LogP contribution in [0.15, 0.2) is 11.6 Å². The van der Waals surface area contributed by atoms with E-state index in [-0.39, 0.29) is 30.6 Å². The minimum absolute atomic E-state index is 0.0767. The van der Waals surface area contributed by atoms with Crippen molar-refractivity contribution < 1.29 is 139 Å². The van der Waals surface area contributed by atoms with Crippen LogP contribution in [0.5, 0.6) is 0 Å². The summed E-state index contributed by atoms with van der Waals surface area (Å²) >= 11 is 0. The van der Waals surface area contributed by atoms with Gasteiger partial charge >= 0.3 is 5.97 Å². The minimum atomic E-state index is -2.08. The summed E-state index contributed by atoms with van der Waals surface area (Å²) in [7, 11) is 0. The molecule has 17 N–H and O–H groups in total. The van der Waals surface area contributed by atoms with E-state index in [4.69, 9.17) is 47.4 Å². The smallest absolute Gasteiger partial charge is 0.317 e. The van der Waals surface area contributed by atoms with E-state index in [0.29, 0.717) is 32.1 Å². The van der Waals surface area contributed by atoms with Crippen LogP contribution in [0.2, 0.25) is 0 Å². The molecule has 9 fully saturated rings. The van der Waals surface area contributed by atoms with Gasteiger partial charge in [0, 0.05) is 5.41 Å². The molecule has 5 aliphatic heterocycles. The van der Waals surface area contributed by atoms with Crippen molar-refractivity contribution in [2.24, 2.45) is 50.2 Å².